The topological polar surface area (TPSA) is 71.2 Å². The van der Waals surface area contributed by atoms with Gasteiger partial charge in [-0.05, 0) is 42.5 Å². The molecular formula is C19H26N4O3. The third-order valence-corrected chi connectivity index (χ3v) is 5.27. The average molecular weight is 358 g/mol. The van der Waals surface area contributed by atoms with E-state index in [-0.39, 0.29) is 0 Å². The van der Waals surface area contributed by atoms with Crippen LogP contribution in [-0.2, 0) is 4.74 Å². The van der Waals surface area contributed by atoms with Gasteiger partial charge in [0.2, 0.25) is 0 Å². The molecule has 7 nitrogen and oxygen atoms in total. The molecule has 0 radical (unpaired) electrons. The Hall–Kier alpha value is -2.41. The van der Waals surface area contributed by atoms with Gasteiger partial charge in [-0.1, -0.05) is 25.1 Å². The molecule has 2 unspecified atom stereocenters. The lowest BCUT2D eigenvalue weighted by molar-refractivity contribution is -0.486. The summed E-state index contributed by atoms with van der Waals surface area (Å²) >= 11 is 0. The maximum atomic E-state index is 11.0. The van der Waals surface area contributed by atoms with Crippen molar-refractivity contribution >= 4 is 12.0 Å². The largest absolute Gasteiger partial charge is 0.381 e. The highest BCUT2D eigenvalue weighted by molar-refractivity contribution is 5.83. The molecule has 0 aromatic heterocycles. The van der Waals surface area contributed by atoms with Crippen LogP contribution in [0.15, 0.2) is 29.5 Å². The second-order valence-corrected chi connectivity index (χ2v) is 7.21. The minimum Gasteiger partial charge on any atom is -0.381 e. The molecule has 0 N–H and O–H groups in total. The van der Waals surface area contributed by atoms with Crippen LogP contribution in [0.3, 0.4) is 0 Å². The van der Waals surface area contributed by atoms with Gasteiger partial charge in [0, 0.05) is 38.4 Å². The Morgan fingerprint density at radius 2 is 2.12 bits per heavy atom. The number of benzene rings is 1. The summed E-state index contributed by atoms with van der Waals surface area (Å²) in [4.78, 5) is 14.9. The Morgan fingerprint density at radius 3 is 2.77 bits per heavy atom. The first-order valence-corrected chi connectivity index (χ1v) is 9.02. The molecule has 2 aliphatic rings. The lowest BCUT2D eigenvalue weighted by Gasteiger charge is -2.23. The van der Waals surface area contributed by atoms with Crippen LogP contribution in [-0.4, -0.2) is 53.6 Å². The van der Waals surface area contributed by atoms with E-state index >= 15 is 0 Å². The van der Waals surface area contributed by atoms with Gasteiger partial charge in [0.1, 0.15) is 5.10 Å². The summed E-state index contributed by atoms with van der Waals surface area (Å²) in [6.45, 7) is 9.95. The highest BCUT2D eigenvalue weighted by Gasteiger charge is 2.33. The molecule has 2 heterocycles. The molecule has 7 heteroatoms. The van der Waals surface area contributed by atoms with Crippen molar-refractivity contribution < 1.29 is 9.77 Å². The molecule has 3 rings (SSSR count). The van der Waals surface area contributed by atoms with Gasteiger partial charge in [0.25, 0.3) is 5.96 Å². The summed E-state index contributed by atoms with van der Waals surface area (Å²) in [7, 11) is 0. The van der Waals surface area contributed by atoms with E-state index in [2.05, 4.69) is 44.1 Å². The lowest BCUT2D eigenvalue weighted by Crippen LogP contribution is -2.37. The molecule has 1 aromatic carbocycles. The molecule has 2 aliphatic heterocycles. The van der Waals surface area contributed by atoms with Crippen molar-refractivity contribution in [1.82, 2.24) is 9.80 Å². The van der Waals surface area contributed by atoms with Crippen molar-refractivity contribution in [3.63, 3.8) is 0 Å². The van der Waals surface area contributed by atoms with Gasteiger partial charge in [0.15, 0.2) is 5.03 Å². The van der Waals surface area contributed by atoms with Gasteiger partial charge in [-0.3, -0.25) is 0 Å². The van der Waals surface area contributed by atoms with Crippen LogP contribution < -0.4 is 0 Å². The fourth-order valence-electron chi connectivity index (χ4n) is 3.38. The molecule has 0 amide bonds. The lowest BCUT2D eigenvalue weighted by atomic mass is 9.98. The number of ether oxygens (including phenoxy) is 1. The zero-order valence-electron chi connectivity index (χ0n) is 15.6. The molecular weight excluding hydrogens is 332 g/mol. The van der Waals surface area contributed by atoms with Crippen molar-refractivity contribution in [2.75, 3.05) is 32.8 Å². The van der Waals surface area contributed by atoms with Crippen molar-refractivity contribution in [2.24, 2.45) is 16.9 Å². The first-order valence-electron chi connectivity index (χ1n) is 9.02. The summed E-state index contributed by atoms with van der Waals surface area (Å²) in [6, 6.07) is 6.24. The molecule has 2 fully saturated rings. The fraction of sp³-hybridized carbons (Fsp3) is 0.526. The van der Waals surface area contributed by atoms with Crippen molar-refractivity contribution in [1.29, 1.82) is 0 Å². The van der Waals surface area contributed by atoms with Gasteiger partial charge in [-0.25, -0.2) is 10.1 Å². The van der Waals surface area contributed by atoms with Crippen LogP contribution in [0.2, 0.25) is 0 Å². The number of hydrogen-bond acceptors (Lipinski definition) is 3. The van der Waals surface area contributed by atoms with Crippen LogP contribution in [0.1, 0.15) is 23.6 Å². The summed E-state index contributed by atoms with van der Waals surface area (Å²) in [5, 5.41) is 14.1. The number of nitrogens with zero attached hydrogens (tertiary/aromatic N) is 4. The molecule has 140 valence electrons. The van der Waals surface area contributed by atoms with Crippen LogP contribution in [0.4, 0.5) is 0 Å². The van der Waals surface area contributed by atoms with Crippen molar-refractivity contribution in [2.45, 2.75) is 20.8 Å². The number of aryl methyl sites for hydroxylation is 2. The second kappa shape index (κ2) is 7.86. The number of hydrazone groups is 1. The van der Waals surface area contributed by atoms with E-state index in [1.165, 1.54) is 11.1 Å². The Balaban J connectivity index is 1.74. The number of nitro groups is 1. The van der Waals surface area contributed by atoms with Crippen molar-refractivity contribution in [3.8, 4) is 0 Å². The fourth-order valence-corrected chi connectivity index (χ4v) is 3.38. The first-order chi connectivity index (χ1) is 12.4. The smallest absolute Gasteiger partial charge is 0.278 e. The molecule has 0 bridgehead atoms. The number of hydrogen-bond donors (Lipinski definition) is 0. The highest BCUT2D eigenvalue weighted by Crippen LogP contribution is 2.23. The normalized spacial score (nSPS) is 25.0. The Bertz CT molecular complexity index is 731. The predicted molar refractivity (Wildman–Crippen MR) is 101 cm³/mol. The Kier molecular flexibility index (Phi) is 5.56. The highest BCUT2D eigenvalue weighted by atomic mass is 16.7. The SMILES string of the molecule is Cc1ccc(C=CN2CCN(CC3COCC3C)C2=N[N+](=O)[O-])cc1C. The molecule has 2 saturated heterocycles. The van der Waals surface area contributed by atoms with Gasteiger partial charge < -0.3 is 14.5 Å². The first kappa shape index (κ1) is 18.4. The molecule has 26 heavy (non-hydrogen) atoms. The van der Waals surface area contributed by atoms with E-state index in [1.54, 1.807) is 0 Å². The molecule has 0 aliphatic carbocycles. The molecule has 2 atom stereocenters. The van der Waals surface area contributed by atoms with Crippen LogP contribution >= 0.6 is 0 Å². The predicted octanol–water partition coefficient (Wildman–Crippen LogP) is 2.72. The summed E-state index contributed by atoms with van der Waals surface area (Å²) in [5.41, 5.74) is 3.55. The van der Waals surface area contributed by atoms with Crippen LogP contribution in [0.5, 0.6) is 0 Å². The average Bonchev–Trinajstić information content (AvgIpc) is 3.16. The minimum absolute atomic E-state index is 0.385. The van der Waals surface area contributed by atoms with E-state index in [9.17, 15) is 10.1 Å². The van der Waals surface area contributed by atoms with Gasteiger partial charge in [-0.15, -0.1) is 0 Å². The zero-order chi connectivity index (χ0) is 18.7. The van der Waals surface area contributed by atoms with E-state index < -0.39 is 5.03 Å². The van der Waals surface area contributed by atoms with E-state index in [1.807, 2.05) is 22.1 Å². The third-order valence-electron chi connectivity index (χ3n) is 5.27. The van der Waals surface area contributed by atoms with Gasteiger partial charge in [0.05, 0.1) is 6.61 Å². The minimum atomic E-state index is -0.612. The number of rotatable bonds is 5. The Morgan fingerprint density at radius 1 is 1.31 bits per heavy atom. The monoisotopic (exact) mass is 358 g/mol. The van der Waals surface area contributed by atoms with E-state index in [0.717, 1.165) is 25.3 Å². The van der Waals surface area contributed by atoms with Crippen LogP contribution in [0, 0.1) is 35.8 Å². The number of guanidine groups is 1. The van der Waals surface area contributed by atoms with E-state index in [0.29, 0.717) is 30.9 Å². The van der Waals surface area contributed by atoms with Crippen LogP contribution in [0.25, 0.3) is 6.08 Å². The molecule has 0 saturated carbocycles. The summed E-state index contributed by atoms with van der Waals surface area (Å²) in [6.07, 6.45) is 3.87. The summed E-state index contributed by atoms with van der Waals surface area (Å²) < 4.78 is 5.52. The summed E-state index contributed by atoms with van der Waals surface area (Å²) in [5.74, 6) is 1.26. The van der Waals surface area contributed by atoms with Gasteiger partial charge >= 0.3 is 0 Å². The third kappa shape index (κ3) is 4.22. The maximum Gasteiger partial charge on any atom is 0.278 e. The quantitative estimate of drug-likeness (QED) is 0.598. The van der Waals surface area contributed by atoms with Gasteiger partial charge in [-0.2, -0.15) is 0 Å². The standard InChI is InChI=1S/C19H26N4O3/c1-14-4-5-17(10-15(14)2)6-7-21-8-9-22(19(21)20-23(24)25)11-18-13-26-12-16(18)3/h4-7,10,16,18H,8-9,11-13H2,1-3H3. The molecule has 0 spiro atoms. The molecule has 1 aromatic rings. The van der Waals surface area contributed by atoms with E-state index in [4.69, 9.17) is 4.74 Å². The second-order valence-electron chi connectivity index (χ2n) is 7.21. The Labute approximate surface area is 154 Å². The van der Waals surface area contributed by atoms with Crippen molar-refractivity contribution in [3.05, 3.63) is 51.2 Å². The zero-order valence-corrected chi connectivity index (χ0v) is 15.6. The maximum absolute atomic E-state index is 11.0.